The predicted octanol–water partition coefficient (Wildman–Crippen LogP) is 1.57. The first kappa shape index (κ1) is 10.3. The van der Waals surface area contributed by atoms with Crippen molar-refractivity contribution < 1.29 is 0 Å². The highest BCUT2D eigenvalue weighted by Crippen LogP contribution is 2.19. The van der Waals surface area contributed by atoms with Gasteiger partial charge < -0.3 is 4.90 Å². The second-order valence-corrected chi connectivity index (χ2v) is 4.27. The molecule has 17 heavy (non-hydrogen) atoms. The van der Waals surface area contributed by atoms with Gasteiger partial charge in [0.2, 0.25) is 0 Å². The maximum absolute atomic E-state index is 4.34. The summed E-state index contributed by atoms with van der Waals surface area (Å²) in [7, 11) is 0. The number of anilines is 1. The molecular weight excluding hydrogens is 214 g/mol. The van der Waals surface area contributed by atoms with Crippen LogP contribution in [0, 0.1) is 6.92 Å². The first-order chi connectivity index (χ1) is 8.34. The molecule has 1 saturated heterocycles. The third kappa shape index (κ3) is 1.88. The predicted molar refractivity (Wildman–Crippen MR) is 65.3 cm³/mol. The largest absolute Gasteiger partial charge is 0.356 e. The Balaban J connectivity index is 1.96. The molecule has 5 heteroatoms. The number of imidazole rings is 1. The van der Waals surface area contributed by atoms with E-state index in [2.05, 4.69) is 19.9 Å². The molecule has 3 heterocycles. The van der Waals surface area contributed by atoms with Crippen LogP contribution in [0.15, 0.2) is 24.8 Å². The van der Waals surface area contributed by atoms with Crippen LogP contribution in [0.1, 0.15) is 18.7 Å². The van der Waals surface area contributed by atoms with Gasteiger partial charge in [0, 0.05) is 31.5 Å². The monoisotopic (exact) mass is 229 g/mol. The normalized spacial score (nSPS) is 15.5. The first-order valence-electron chi connectivity index (χ1n) is 5.92. The average molecular weight is 229 g/mol. The molecule has 1 aliphatic heterocycles. The Bertz CT molecular complexity index is 513. The molecule has 0 saturated carbocycles. The van der Waals surface area contributed by atoms with Gasteiger partial charge >= 0.3 is 0 Å². The molecule has 3 rings (SSSR count). The summed E-state index contributed by atoms with van der Waals surface area (Å²) in [6.45, 7) is 4.16. The van der Waals surface area contributed by atoms with E-state index in [1.54, 1.807) is 12.5 Å². The third-order valence-electron chi connectivity index (χ3n) is 3.14. The highest BCUT2D eigenvalue weighted by molar-refractivity contribution is 5.44. The number of hydrogen-bond acceptors (Lipinski definition) is 4. The molecule has 1 fully saturated rings. The lowest BCUT2D eigenvalue weighted by Crippen LogP contribution is -2.19. The van der Waals surface area contributed by atoms with E-state index in [4.69, 9.17) is 0 Å². The zero-order valence-corrected chi connectivity index (χ0v) is 9.87. The lowest BCUT2D eigenvalue weighted by molar-refractivity contribution is 0.887. The number of hydrogen-bond donors (Lipinski definition) is 0. The molecule has 0 spiro atoms. The molecule has 2 aromatic heterocycles. The van der Waals surface area contributed by atoms with Gasteiger partial charge in [-0.15, -0.1) is 0 Å². The fourth-order valence-electron chi connectivity index (χ4n) is 2.21. The maximum atomic E-state index is 4.34. The highest BCUT2D eigenvalue weighted by Gasteiger charge is 2.14. The van der Waals surface area contributed by atoms with Gasteiger partial charge in [0.1, 0.15) is 23.8 Å². The van der Waals surface area contributed by atoms with E-state index >= 15 is 0 Å². The Morgan fingerprint density at radius 2 is 1.82 bits per heavy atom. The fraction of sp³-hybridized carbons (Fsp3) is 0.417. The van der Waals surface area contributed by atoms with Crippen molar-refractivity contribution in [3.63, 3.8) is 0 Å². The molecule has 0 radical (unpaired) electrons. The van der Waals surface area contributed by atoms with Crippen molar-refractivity contribution in [2.75, 3.05) is 18.0 Å². The van der Waals surface area contributed by atoms with Gasteiger partial charge in [0.25, 0.3) is 0 Å². The van der Waals surface area contributed by atoms with Crippen molar-refractivity contribution in [1.29, 1.82) is 0 Å². The van der Waals surface area contributed by atoms with Gasteiger partial charge in [-0.2, -0.15) is 0 Å². The van der Waals surface area contributed by atoms with Gasteiger partial charge in [-0.3, -0.25) is 4.57 Å². The van der Waals surface area contributed by atoms with Crippen LogP contribution in [0.2, 0.25) is 0 Å². The van der Waals surface area contributed by atoms with Crippen LogP contribution in [0.4, 0.5) is 5.82 Å². The summed E-state index contributed by atoms with van der Waals surface area (Å²) in [6, 6.07) is 2.03. The van der Waals surface area contributed by atoms with Crippen molar-refractivity contribution in [1.82, 2.24) is 19.5 Å². The molecule has 2 aromatic rings. The van der Waals surface area contributed by atoms with Crippen molar-refractivity contribution in [2.24, 2.45) is 0 Å². The Morgan fingerprint density at radius 1 is 1.06 bits per heavy atom. The summed E-state index contributed by atoms with van der Waals surface area (Å²) in [5.41, 5.74) is 0. The third-order valence-corrected chi connectivity index (χ3v) is 3.14. The summed E-state index contributed by atoms with van der Waals surface area (Å²) >= 11 is 0. The van der Waals surface area contributed by atoms with E-state index in [1.807, 2.05) is 23.8 Å². The number of aromatic nitrogens is 4. The van der Waals surface area contributed by atoms with E-state index in [0.717, 1.165) is 30.5 Å². The van der Waals surface area contributed by atoms with Crippen LogP contribution in [0.3, 0.4) is 0 Å². The van der Waals surface area contributed by atoms with Gasteiger partial charge in [-0.05, 0) is 19.8 Å². The van der Waals surface area contributed by atoms with Crippen molar-refractivity contribution in [3.05, 3.63) is 30.6 Å². The van der Waals surface area contributed by atoms with Crippen molar-refractivity contribution >= 4 is 5.82 Å². The molecule has 0 bridgehead atoms. The van der Waals surface area contributed by atoms with Crippen LogP contribution < -0.4 is 4.90 Å². The minimum Gasteiger partial charge on any atom is -0.356 e. The quantitative estimate of drug-likeness (QED) is 0.784. The zero-order chi connectivity index (χ0) is 11.7. The van der Waals surface area contributed by atoms with Gasteiger partial charge in [-0.1, -0.05) is 0 Å². The minimum atomic E-state index is 0.886. The molecule has 5 nitrogen and oxygen atoms in total. The Morgan fingerprint density at radius 3 is 2.53 bits per heavy atom. The second kappa shape index (κ2) is 4.16. The lowest BCUT2D eigenvalue weighted by Gasteiger charge is -2.16. The molecule has 0 aliphatic carbocycles. The van der Waals surface area contributed by atoms with E-state index < -0.39 is 0 Å². The maximum Gasteiger partial charge on any atom is 0.143 e. The number of nitrogens with zero attached hydrogens (tertiary/aromatic N) is 5. The van der Waals surface area contributed by atoms with Gasteiger partial charge in [-0.25, -0.2) is 15.0 Å². The van der Waals surface area contributed by atoms with E-state index in [0.29, 0.717) is 0 Å². The Kier molecular flexibility index (Phi) is 2.51. The Labute approximate surface area is 100 Å². The smallest absolute Gasteiger partial charge is 0.143 e. The van der Waals surface area contributed by atoms with Crippen molar-refractivity contribution in [3.8, 4) is 5.82 Å². The van der Waals surface area contributed by atoms with Gasteiger partial charge in [0.15, 0.2) is 0 Å². The SMILES string of the molecule is Cc1nccn1-c1cc(N2CCCC2)ncn1. The van der Waals surface area contributed by atoms with Crippen LogP contribution in [0.5, 0.6) is 0 Å². The fourth-order valence-corrected chi connectivity index (χ4v) is 2.21. The highest BCUT2D eigenvalue weighted by atomic mass is 15.2. The van der Waals surface area contributed by atoms with Crippen LogP contribution in [-0.2, 0) is 0 Å². The Hall–Kier alpha value is -1.91. The van der Waals surface area contributed by atoms with Gasteiger partial charge in [0.05, 0.1) is 0 Å². The van der Waals surface area contributed by atoms with E-state index in [-0.39, 0.29) is 0 Å². The number of rotatable bonds is 2. The molecule has 0 aromatic carbocycles. The summed E-state index contributed by atoms with van der Waals surface area (Å²) < 4.78 is 1.97. The molecule has 1 aliphatic rings. The zero-order valence-electron chi connectivity index (χ0n) is 9.87. The first-order valence-corrected chi connectivity index (χ1v) is 5.92. The summed E-state index contributed by atoms with van der Waals surface area (Å²) in [5.74, 6) is 2.84. The molecule has 0 unspecified atom stereocenters. The number of aryl methyl sites for hydroxylation is 1. The van der Waals surface area contributed by atoms with Crippen LogP contribution >= 0.6 is 0 Å². The standard InChI is InChI=1S/C12H15N5/c1-10-13-4-7-17(10)12-8-11(14-9-15-12)16-5-2-3-6-16/h4,7-9H,2-3,5-6H2,1H3. The molecule has 88 valence electrons. The topological polar surface area (TPSA) is 46.8 Å². The molecule has 0 amide bonds. The van der Waals surface area contributed by atoms with Crippen LogP contribution in [0.25, 0.3) is 5.82 Å². The molecule has 0 N–H and O–H groups in total. The lowest BCUT2D eigenvalue weighted by atomic mass is 10.4. The van der Waals surface area contributed by atoms with Crippen molar-refractivity contribution in [2.45, 2.75) is 19.8 Å². The van der Waals surface area contributed by atoms with Crippen LogP contribution in [-0.4, -0.2) is 32.6 Å². The summed E-state index contributed by atoms with van der Waals surface area (Å²) in [6.07, 6.45) is 7.84. The summed E-state index contributed by atoms with van der Waals surface area (Å²) in [4.78, 5) is 15.2. The molecule has 0 atom stereocenters. The minimum absolute atomic E-state index is 0.886. The van der Waals surface area contributed by atoms with E-state index in [1.165, 1.54) is 12.8 Å². The molecular formula is C12H15N5. The average Bonchev–Trinajstić information content (AvgIpc) is 2.99. The summed E-state index contributed by atoms with van der Waals surface area (Å²) in [5, 5.41) is 0. The second-order valence-electron chi connectivity index (χ2n) is 4.27. The van der Waals surface area contributed by atoms with E-state index in [9.17, 15) is 0 Å².